The molecule has 0 saturated heterocycles. The first-order chi connectivity index (χ1) is 12.3. The Balaban J connectivity index is 3.00. The van der Waals surface area contributed by atoms with Crippen molar-refractivity contribution < 1.29 is 4.74 Å². The third-order valence-electron chi connectivity index (χ3n) is 5.06. The summed E-state index contributed by atoms with van der Waals surface area (Å²) < 4.78 is 5.36. The van der Waals surface area contributed by atoms with Crippen molar-refractivity contribution in [3.05, 3.63) is 6.04 Å². The highest BCUT2D eigenvalue weighted by Crippen LogP contribution is 2.15. The number of hydrogen-bond donors (Lipinski definition) is 1. The van der Waals surface area contributed by atoms with E-state index in [1.165, 1.54) is 109 Å². The van der Waals surface area contributed by atoms with Crippen molar-refractivity contribution >= 4 is 0 Å². The summed E-state index contributed by atoms with van der Waals surface area (Å²) >= 11 is 0. The van der Waals surface area contributed by atoms with Crippen LogP contribution in [0, 0.1) is 6.04 Å². The second-order valence-corrected chi connectivity index (χ2v) is 7.66. The first kappa shape index (κ1) is 24.9. The second-order valence-electron chi connectivity index (χ2n) is 7.66. The molecule has 0 aliphatic carbocycles. The van der Waals surface area contributed by atoms with Crippen LogP contribution in [-0.4, -0.2) is 13.2 Å². The lowest BCUT2D eigenvalue weighted by Gasteiger charge is -2.08. The molecule has 0 fully saturated rings. The minimum atomic E-state index is 0.868. The summed E-state index contributed by atoms with van der Waals surface area (Å²) in [5.74, 6) is 0. The lowest BCUT2D eigenvalue weighted by molar-refractivity contribution is 0.143. The summed E-state index contributed by atoms with van der Waals surface area (Å²) in [6.45, 7) is 6.11. The second kappa shape index (κ2) is 22.0. The molecule has 0 aliphatic rings. The highest BCUT2D eigenvalue weighted by atomic mass is 16.5. The molecule has 151 valence electrons. The average Bonchev–Trinajstić information content (AvgIpc) is 2.61. The molecule has 1 radical (unpaired) electrons. The highest BCUT2D eigenvalue weighted by molar-refractivity contribution is 4.80. The van der Waals surface area contributed by atoms with E-state index in [1.807, 2.05) is 0 Å². The van der Waals surface area contributed by atoms with Gasteiger partial charge in [-0.3, -0.25) is 0 Å². The van der Waals surface area contributed by atoms with Gasteiger partial charge in [0.25, 0.3) is 0 Å². The predicted molar refractivity (Wildman–Crippen MR) is 113 cm³/mol. The Morgan fingerprint density at radius 1 is 0.560 bits per heavy atom. The molecule has 0 aromatic carbocycles. The zero-order chi connectivity index (χ0) is 18.4. The fourth-order valence-corrected chi connectivity index (χ4v) is 3.44. The zero-order valence-electron chi connectivity index (χ0n) is 17.6. The van der Waals surface area contributed by atoms with Crippen LogP contribution < -0.4 is 5.73 Å². The summed E-state index contributed by atoms with van der Waals surface area (Å²) in [6, 6.07) is 1.22. The van der Waals surface area contributed by atoms with Gasteiger partial charge in [0.15, 0.2) is 0 Å². The van der Waals surface area contributed by atoms with E-state index in [1.54, 1.807) is 0 Å². The van der Waals surface area contributed by atoms with Gasteiger partial charge >= 0.3 is 0 Å². The number of ether oxygens (including phenoxy) is 1. The van der Waals surface area contributed by atoms with Gasteiger partial charge in [0.05, 0.1) is 0 Å². The Labute approximate surface area is 159 Å². The molecule has 0 unspecified atom stereocenters. The lowest BCUT2D eigenvalue weighted by atomic mass is 10.0. The minimum Gasteiger partial charge on any atom is -0.382 e. The van der Waals surface area contributed by atoms with Gasteiger partial charge in [0.1, 0.15) is 0 Å². The van der Waals surface area contributed by atoms with Crippen LogP contribution in [0.4, 0.5) is 0 Å². The molecule has 0 amide bonds. The van der Waals surface area contributed by atoms with Gasteiger partial charge in [-0.05, 0) is 26.2 Å². The molecule has 0 bridgehead atoms. The molecule has 0 heterocycles. The molecule has 0 saturated carbocycles. The van der Waals surface area contributed by atoms with E-state index >= 15 is 0 Å². The first-order valence-electron chi connectivity index (χ1n) is 11.5. The Kier molecular flexibility index (Phi) is 21.9. The van der Waals surface area contributed by atoms with Crippen molar-refractivity contribution in [1.82, 2.24) is 0 Å². The molecule has 0 spiro atoms. The van der Waals surface area contributed by atoms with Crippen LogP contribution in [0.2, 0.25) is 0 Å². The van der Waals surface area contributed by atoms with Crippen LogP contribution in [0.15, 0.2) is 0 Å². The maximum Gasteiger partial charge on any atom is 0.0465 e. The fourth-order valence-electron chi connectivity index (χ4n) is 3.44. The van der Waals surface area contributed by atoms with Crippen LogP contribution in [0.3, 0.4) is 0 Å². The van der Waals surface area contributed by atoms with Gasteiger partial charge in [0.2, 0.25) is 0 Å². The smallest absolute Gasteiger partial charge is 0.0465 e. The summed E-state index contributed by atoms with van der Waals surface area (Å²) in [5, 5.41) is 0. The molecule has 0 atom stereocenters. The summed E-state index contributed by atoms with van der Waals surface area (Å²) in [5.41, 5.74) is 5.97. The molecular formula is C23H48NO. The van der Waals surface area contributed by atoms with E-state index in [4.69, 9.17) is 10.5 Å². The Morgan fingerprint density at radius 3 is 1.36 bits per heavy atom. The highest BCUT2D eigenvalue weighted by Gasteiger charge is 2.01. The maximum absolute atomic E-state index is 5.97. The molecule has 0 aromatic heterocycles. The van der Waals surface area contributed by atoms with Crippen LogP contribution in [-0.2, 0) is 4.74 Å². The van der Waals surface area contributed by atoms with Crippen molar-refractivity contribution in [2.45, 2.75) is 129 Å². The predicted octanol–water partition coefficient (Wildman–Crippen LogP) is 7.56. The fraction of sp³-hybridized carbons (Fsp3) is 0.957. The van der Waals surface area contributed by atoms with E-state index in [2.05, 4.69) is 13.8 Å². The van der Waals surface area contributed by atoms with Crippen molar-refractivity contribution in [1.29, 1.82) is 0 Å². The summed E-state index contributed by atoms with van der Waals surface area (Å²) in [6.07, 6.45) is 24.5. The van der Waals surface area contributed by atoms with E-state index in [0.717, 1.165) is 26.1 Å². The average molecular weight is 355 g/mol. The quantitative estimate of drug-likeness (QED) is 0.216. The number of nitrogens with two attached hydrogens (primary N) is 1. The molecule has 0 aliphatic heterocycles. The minimum absolute atomic E-state index is 0.868. The van der Waals surface area contributed by atoms with E-state index < -0.39 is 0 Å². The Hall–Kier alpha value is -0.0800. The summed E-state index contributed by atoms with van der Waals surface area (Å²) in [4.78, 5) is 0. The molecule has 2 heteroatoms. The third-order valence-corrected chi connectivity index (χ3v) is 5.06. The number of unbranched alkanes of at least 4 members (excludes halogenated alkanes) is 14. The zero-order valence-corrected chi connectivity index (χ0v) is 17.6. The van der Waals surface area contributed by atoms with Gasteiger partial charge in [-0.1, -0.05) is 103 Å². The van der Waals surface area contributed by atoms with Crippen molar-refractivity contribution in [3.8, 4) is 0 Å². The topological polar surface area (TPSA) is 35.2 Å². The van der Waals surface area contributed by atoms with Crippen LogP contribution in [0.1, 0.15) is 129 Å². The molecule has 2 N–H and O–H groups in total. The van der Waals surface area contributed by atoms with Gasteiger partial charge in [-0.2, -0.15) is 0 Å². The van der Waals surface area contributed by atoms with Gasteiger partial charge in [-0.25, -0.2) is 0 Å². The molecule has 2 nitrogen and oxygen atoms in total. The standard InChI is InChI=1S/C23H48NO/c1-3-20-23(24)21-18-16-14-12-10-8-6-5-7-9-11-13-15-17-19-22-25-4-2/h3-22,24H2,1-2H3. The monoisotopic (exact) mass is 354 g/mol. The van der Waals surface area contributed by atoms with E-state index in [-0.39, 0.29) is 0 Å². The molecule has 25 heavy (non-hydrogen) atoms. The Morgan fingerprint density at radius 2 is 0.960 bits per heavy atom. The third kappa shape index (κ3) is 21.9. The SMILES string of the molecule is CCC[C](N)CCCCCCCCCCCCCCCCCOCC. The molecule has 0 rings (SSSR count). The molecular weight excluding hydrogens is 306 g/mol. The first-order valence-corrected chi connectivity index (χ1v) is 11.5. The van der Waals surface area contributed by atoms with Crippen molar-refractivity contribution in [3.63, 3.8) is 0 Å². The lowest BCUT2D eigenvalue weighted by Crippen LogP contribution is -2.08. The maximum atomic E-state index is 5.97. The van der Waals surface area contributed by atoms with Gasteiger partial charge < -0.3 is 10.5 Å². The van der Waals surface area contributed by atoms with Crippen LogP contribution >= 0.6 is 0 Å². The number of rotatable bonds is 21. The van der Waals surface area contributed by atoms with Crippen molar-refractivity contribution in [2.75, 3.05) is 13.2 Å². The van der Waals surface area contributed by atoms with Gasteiger partial charge in [-0.15, -0.1) is 0 Å². The van der Waals surface area contributed by atoms with E-state index in [9.17, 15) is 0 Å². The van der Waals surface area contributed by atoms with Crippen LogP contribution in [0.5, 0.6) is 0 Å². The van der Waals surface area contributed by atoms with Crippen molar-refractivity contribution in [2.24, 2.45) is 5.73 Å². The normalized spacial score (nSPS) is 11.5. The van der Waals surface area contributed by atoms with E-state index in [0.29, 0.717) is 0 Å². The Bertz CT molecular complexity index is 232. The van der Waals surface area contributed by atoms with Gasteiger partial charge in [0, 0.05) is 19.3 Å². The number of hydrogen-bond acceptors (Lipinski definition) is 2. The van der Waals surface area contributed by atoms with Crippen LogP contribution in [0.25, 0.3) is 0 Å². The molecule has 0 aromatic rings. The largest absolute Gasteiger partial charge is 0.382 e. The summed E-state index contributed by atoms with van der Waals surface area (Å²) in [7, 11) is 0.